The molecule has 1 heterocycles. The molecular formula is C13H13N2O2S. The molecule has 1 aromatic carbocycles. The molecule has 0 amide bonds. The third kappa shape index (κ3) is 2.75. The first-order chi connectivity index (χ1) is 8.60. The maximum absolute atomic E-state index is 12.2. The lowest BCUT2D eigenvalue weighted by atomic mass is 10.3. The van der Waals surface area contributed by atoms with Crippen molar-refractivity contribution < 1.29 is 8.42 Å². The van der Waals surface area contributed by atoms with Crippen molar-refractivity contribution in [2.24, 2.45) is 0 Å². The van der Waals surface area contributed by atoms with Crippen LogP contribution in [-0.4, -0.2) is 24.8 Å². The minimum atomic E-state index is -3.49. The predicted octanol–water partition coefficient (Wildman–Crippen LogP) is 1.70. The van der Waals surface area contributed by atoms with Crippen molar-refractivity contribution in [1.29, 1.82) is 0 Å². The molecule has 0 aliphatic carbocycles. The molecule has 0 aliphatic rings. The van der Waals surface area contributed by atoms with Crippen LogP contribution in [0.2, 0.25) is 0 Å². The number of nitrogens with zero attached hydrogens (tertiary/aromatic N) is 2. The van der Waals surface area contributed by atoms with Gasteiger partial charge in [-0.3, -0.25) is 4.98 Å². The fourth-order valence-corrected chi connectivity index (χ4v) is 2.66. The summed E-state index contributed by atoms with van der Waals surface area (Å²) in [6.45, 7) is 0.291. The molecule has 0 bridgehead atoms. The molecule has 2 aromatic rings. The van der Waals surface area contributed by atoms with Crippen molar-refractivity contribution in [1.82, 2.24) is 9.29 Å². The molecule has 93 valence electrons. The Labute approximate surface area is 107 Å². The van der Waals surface area contributed by atoms with Crippen LogP contribution in [0.1, 0.15) is 5.56 Å². The number of hydrogen-bond donors (Lipinski definition) is 0. The van der Waals surface area contributed by atoms with Crippen LogP contribution in [0.15, 0.2) is 53.7 Å². The number of sulfonamides is 1. The standard InChI is InChI=1S/C13H13N2O2S/c1-15(11-12-6-5-9-14-10-12)18(16,17)13-7-3-2-4-8-13/h2-7,9-10H,11H2,1H3. The molecule has 0 saturated carbocycles. The van der Waals surface area contributed by atoms with E-state index in [2.05, 4.69) is 11.1 Å². The molecule has 18 heavy (non-hydrogen) atoms. The van der Waals surface area contributed by atoms with E-state index in [0.717, 1.165) is 5.56 Å². The largest absolute Gasteiger partial charge is 0.264 e. The van der Waals surface area contributed by atoms with Gasteiger partial charge < -0.3 is 0 Å². The van der Waals surface area contributed by atoms with E-state index in [-0.39, 0.29) is 4.90 Å². The second kappa shape index (κ2) is 5.29. The second-order valence-electron chi connectivity index (χ2n) is 3.85. The maximum atomic E-state index is 12.2. The van der Waals surface area contributed by atoms with Gasteiger partial charge in [0, 0.05) is 32.1 Å². The average Bonchev–Trinajstić information content (AvgIpc) is 2.41. The van der Waals surface area contributed by atoms with E-state index in [9.17, 15) is 8.42 Å². The Morgan fingerprint density at radius 1 is 1.28 bits per heavy atom. The van der Waals surface area contributed by atoms with Crippen LogP contribution in [0, 0.1) is 6.07 Å². The third-order valence-electron chi connectivity index (χ3n) is 2.50. The minimum Gasteiger partial charge on any atom is -0.264 e. The highest BCUT2D eigenvalue weighted by Gasteiger charge is 2.20. The monoisotopic (exact) mass is 261 g/mol. The number of pyridine rings is 1. The van der Waals surface area contributed by atoms with Crippen molar-refractivity contribution in [2.75, 3.05) is 7.05 Å². The number of benzene rings is 1. The van der Waals surface area contributed by atoms with E-state index in [1.807, 2.05) is 6.07 Å². The Kier molecular flexibility index (Phi) is 3.74. The summed E-state index contributed by atoms with van der Waals surface area (Å²) >= 11 is 0. The Hall–Kier alpha value is -1.72. The zero-order chi connectivity index (χ0) is 13.0. The average molecular weight is 261 g/mol. The fraction of sp³-hybridized carbons (Fsp3) is 0.154. The van der Waals surface area contributed by atoms with Crippen LogP contribution in [0.3, 0.4) is 0 Å². The van der Waals surface area contributed by atoms with Gasteiger partial charge in [0.25, 0.3) is 0 Å². The maximum Gasteiger partial charge on any atom is 0.243 e. The number of rotatable bonds is 4. The minimum absolute atomic E-state index is 0.177. The van der Waals surface area contributed by atoms with Gasteiger partial charge >= 0.3 is 0 Å². The summed E-state index contributed by atoms with van der Waals surface area (Å²) in [6, 6.07) is 12.9. The van der Waals surface area contributed by atoms with Crippen molar-refractivity contribution in [3.63, 3.8) is 0 Å². The Bertz CT molecular complexity index is 597. The van der Waals surface area contributed by atoms with Gasteiger partial charge in [0.15, 0.2) is 0 Å². The van der Waals surface area contributed by atoms with Gasteiger partial charge in [-0.1, -0.05) is 24.3 Å². The third-order valence-corrected chi connectivity index (χ3v) is 4.26. The van der Waals surface area contributed by atoms with E-state index < -0.39 is 10.0 Å². The molecule has 0 fully saturated rings. The van der Waals surface area contributed by atoms with E-state index in [1.165, 1.54) is 10.4 Å². The van der Waals surface area contributed by atoms with Gasteiger partial charge in [0.2, 0.25) is 10.0 Å². The van der Waals surface area contributed by atoms with Gasteiger partial charge in [0.05, 0.1) is 4.90 Å². The molecule has 5 heteroatoms. The molecule has 0 spiro atoms. The highest BCUT2D eigenvalue weighted by atomic mass is 32.2. The first-order valence-corrected chi connectivity index (χ1v) is 6.86. The topological polar surface area (TPSA) is 50.3 Å². The Morgan fingerprint density at radius 3 is 2.72 bits per heavy atom. The van der Waals surface area contributed by atoms with Gasteiger partial charge in [-0.05, 0) is 17.7 Å². The summed E-state index contributed by atoms with van der Waals surface area (Å²) in [5.74, 6) is 0. The lowest BCUT2D eigenvalue weighted by Gasteiger charge is -2.16. The Balaban J connectivity index is 2.21. The lowest BCUT2D eigenvalue weighted by Crippen LogP contribution is -2.26. The summed E-state index contributed by atoms with van der Waals surface area (Å²) in [5.41, 5.74) is 0.847. The first kappa shape index (κ1) is 12.7. The molecule has 1 radical (unpaired) electrons. The van der Waals surface area contributed by atoms with Crippen LogP contribution in [0.5, 0.6) is 0 Å². The van der Waals surface area contributed by atoms with Crippen molar-refractivity contribution in [3.05, 3.63) is 60.4 Å². The second-order valence-corrected chi connectivity index (χ2v) is 5.86. The molecule has 0 unspecified atom stereocenters. The number of hydrogen-bond acceptors (Lipinski definition) is 3. The van der Waals surface area contributed by atoms with Gasteiger partial charge in [-0.15, -0.1) is 0 Å². The van der Waals surface area contributed by atoms with Crippen molar-refractivity contribution in [2.45, 2.75) is 11.4 Å². The highest BCUT2D eigenvalue weighted by Crippen LogP contribution is 2.15. The molecule has 0 atom stereocenters. The van der Waals surface area contributed by atoms with Gasteiger partial charge in [-0.2, -0.15) is 4.31 Å². The van der Waals surface area contributed by atoms with Crippen molar-refractivity contribution in [3.8, 4) is 0 Å². The van der Waals surface area contributed by atoms with E-state index in [1.54, 1.807) is 43.7 Å². The smallest absolute Gasteiger partial charge is 0.243 e. The summed E-state index contributed by atoms with van der Waals surface area (Å²) in [7, 11) is -1.94. The lowest BCUT2D eigenvalue weighted by molar-refractivity contribution is 0.466. The molecule has 2 rings (SSSR count). The summed E-state index contributed by atoms with van der Waals surface area (Å²) < 4.78 is 25.7. The van der Waals surface area contributed by atoms with Crippen molar-refractivity contribution >= 4 is 10.0 Å². The summed E-state index contributed by atoms with van der Waals surface area (Å²) in [4.78, 5) is 4.14. The first-order valence-electron chi connectivity index (χ1n) is 5.42. The van der Waals surface area contributed by atoms with Gasteiger partial charge in [-0.25, -0.2) is 8.42 Å². The zero-order valence-corrected chi connectivity index (χ0v) is 10.8. The predicted molar refractivity (Wildman–Crippen MR) is 68.2 cm³/mol. The van der Waals surface area contributed by atoms with E-state index >= 15 is 0 Å². The fourth-order valence-electron chi connectivity index (χ4n) is 1.54. The Morgan fingerprint density at radius 2 is 2.11 bits per heavy atom. The quantitative estimate of drug-likeness (QED) is 0.841. The van der Waals surface area contributed by atoms with E-state index in [4.69, 9.17) is 0 Å². The summed E-state index contributed by atoms with van der Waals surface area (Å²) in [6.07, 6.45) is 3.31. The molecule has 0 N–H and O–H groups in total. The molecule has 1 aromatic heterocycles. The zero-order valence-electron chi connectivity index (χ0n) is 9.95. The summed E-state index contributed by atoms with van der Waals surface area (Å²) in [5, 5.41) is 0. The number of aromatic nitrogens is 1. The van der Waals surface area contributed by atoms with Crippen LogP contribution in [-0.2, 0) is 16.6 Å². The van der Waals surface area contributed by atoms with Crippen LogP contribution < -0.4 is 0 Å². The SMILES string of the molecule is CN(Cc1cccnc1)S(=O)(=O)c1[c]cccc1. The van der Waals surface area contributed by atoms with Crippen LogP contribution in [0.4, 0.5) is 0 Å². The molecular weight excluding hydrogens is 248 g/mol. The van der Waals surface area contributed by atoms with Crippen LogP contribution in [0.25, 0.3) is 0 Å². The molecule has 0 saturated heterocycles. The molecule has 4 nitrogen and oxygen atoms in total. The van der Waals surface area contributed by atoms with Gasteiger partial charge in [0.1, 0.15) is 0 Å². The molecule has 0 aliphatic heterocycles. The van der Waals surface area contributed by atoms with Crippen LogP contribution >= 0.6 is 0 Å². The van der Waals surface area contributed by atoms with E-state index in [0.29, 0.717) is 6.54 Å². The normalized spacial score (nSPS) is 11.7. The highest BCUT2D eigenvalue weighted by molar-refractivity contribution is 7.89.